The van der Waals surface area contributed by atoms with E-state index in [1.807, 2.05) is 42.3 Å². The lowest BCUT2D eigenvalue weighted by Gasteiger charge is -2.36. The van der Waals surface area contributed by atoms with Crippen LogP contribution in [0.4, 0.5) is 0 Å². The molecule has 2 heterocycles. The number of piperazine rings is 1. The highest BCUT2D eigenvalue weighted by Gasteiger charge is 2.27. The van der Waals surface area contributed by atoms with Crippen molar-refractivity contribution in [1.82, 2.24) is 14.8 Å². The van der Waals surface area contributed by atoms with Gasteiger partial charge in [0.1, 0.15) is 0 Å². The number of aromatic nitrogens is 1. The van der Waals surface area contributed by atoms with E-state index in [2.05, 4.69) is 4.98 Å². The summed E-state index contributed by atoms with van der Waals surface area (Å²) in [5, 5.41) is 1.09. The van der Waals surface area contributed by atoms with Gasteiger partial charge in [0.25, 0.3) is 0 Å². The Labute approximate surface area is 148 Å². The van der Waals surface area contributed by atoms with Gasteiger partial charge >= 0.3 is 0 Å². The molecule has 0 saturated carbocycles. The molecule has 0 radical (unpaired) electrons. The number of amides is 2. The number of hydrogen-bond acceptors (Lipinski definition) is 3. The summed E-state index contributed by atoms with van der Waals surface area (Å²) in [5.41, 5.74) is 7.99. The minimum absolute atomic E-state index is 0.00516. The van der Waals surface area contributed by atoms with Crippen LogP contribution >= 0.6 is 0 Å². The summed E-state index contributed by atoms with van der Waals surface area (Å²) in [4.78, 5) is 31.7. The second-order valence-electron chi connectivity index (χ2n) is 6.64. The summed E-state index contributed by atoms with van der Waals surface area (Å²) in [6.07, 6.45) is 3.90. The molecule has 3 N–H and O–H groups in total. The van der Waals surface area contributed by atoms with Gasteiger partial charge in [-0.25, -0.2) is 0 Å². The monoisotopic (exact) mass is 342 g/mol. The minimum atomic E-state index is -0.418. The number of hydrogen-bond donors (Lipinski definition) is 2. The van der Waals surface area contributed by atoms with Gasteiger partial charge < -0.3 is 20.5 Å². The van der Waals surface area contributed by atoms with Crippen LogP contribution in [0, 0.1) is 0 Å². The number of fused-ring (bicyclic) bond motifs is 1. The molecule has 1 aliphatic rings. The predicted molar refractivity (Wildman–Crippen MR) is 98.0 cm³/mol. The van der Waals surface area contributed by atoms with Crippen molar-refractivity contribution in [3.05, 3.63) is 36.0 Å². The number of nitrogens with zero attached hydrogens (tertiary/aromatic N) is 2. The van der Waals surface area contributed by atoms with Crippen LogP contribution in [0.5, 0.6) is 0 Å². The Kier molecular flexibility index (Phi) is 5.38. The van der Waals surface area contributed by atoms with Crippen molar-refractivity contribution in [1.29, 1.82) is 0 Å². The van der Waals surface area contributed by atoms with Crippen LogP contribution in [-0.2, 0) is 16.0 Å². The van der Waals surface area contributed by atoms with E-state index in [0.717, 1.165) is 22.9 Å². The van der Waals surface area contributed by atoms with Crippen LogP contribution in [0.15, 0.2) is 30.5 Å². The van der Waals surface area contributed by atoms with Gasteiger partial charge in [-0.1, -0.05) is 31.5 Å². The van der Waals surface area contributed by atoms with Gasteiger partial charge in [0.05, 0.1) is 12.5 Å². The van der Waals surface area contributed by atoms with E-state index in [4.69, 9.17) is 5.73 Å². The van der Waals surface area contributed by atoms with Crippen molar-refractivity contribution < 1.29 is 9.59 Å². The van der Waals surface area contributed by atoms with Crippen molar-refractivity contribution in [2.45, 2.75) is 32.2 Å². The number of nitrogens with two attached hydrogens (primary N) is 1. The van der Waals surface area contributed by atoms with E-state index in [-0.39, 0.29) is 11.8 Å². The maximum absolute atomic E-state index is 12.6. The second-order valence-corrected chi connectivity index (χ2v) is 6.64. The fourth-order valence-electron chi connectivity index (χ4n) is 3.40. The Balaban J connectivity index is 1.56. The molecule has 2 amide bonds. The molecule has 1 unspecified atom stereocenters. The first-order valence-corrected chi connectivity index (χ1v) is 8.97. The quantitative estimate of drug-likeness (QED) is 0.864. The second kappa shape index (κ2) is 7.70. The van der Waals surface area contributed by atoms with Crippen LogP contribution in [0.2, 0.25) is 0 Å². The third-order valence-corrected chi connectivity index (χ3v) is 4.88. The van der Waals surface area contributed by atoms with Gasteiger partial charge in [-0.15, -0.1) is 0 Å². The molecule has 6 heteroatoms. The van der Waals surface area contributed by atoms with Crippen molar-refractivity contribution in [2.75, 3.05) is 26.2 Å². The largest absolute Gasteiger partial charge is 0.361 e. The predicted octanol–water partition coefficient (Wildman–Crippen LogP) is 1.51. The zero-order valence-corrected chi connectivity index (χ0v) is 14.7. The number of nitrogens with one attached hydrogen (secondary N) is 1. The first kappa shape index (κ1) is 17.5. The molecule has 1 atom stereocenters. The molecule has 25 heavy (non-hydrogen) atoms. The van der Waals surface area contributed by atoms with Crippen molar-refractivity contribution >= 4 is 22.7 Å². The minimum Gasteiger partial charge on any atom is -0.361 e. The zero-order valence-electron chi connectivity index (χ0n) is 14.7. The highest BCUT2D eigenvalue weighted by atomic mass is 16.2. The average Bonchev–Trinajstić information content (AvgIpc) is 3.04. The number of para-hydroxylation sites is 1. The van der Waals surface area contributed by atoms with E-state index in [1.165, 1.54) is 0 Å². The Bertz CT molecular complexity index is 747. The van der Waals surface area contributed by atoms with Gasteiger partial charge in [0, 0.05) is 43.3 Å². The van der Waals surface area contributed by atoms with Crippen LogP contribution in [0.25, 0.3) is 10.9 Å². The number of rotatable bonds is 5. The number of benzene rings is 1. The Morgan fingerprint density at radius 3 is 2.56 bits per heavy atom. The number of H-pyrrole nitrogens is 1. The highest BCUT2D eigenvalue weighted by Crippen LogP contribution is 2.19. The van der Waals surface area contributed by atoms with E-state index < -0.39 is 6.04 Å². The van der Waals surface area contributed by atoms with Crippen LogP contribution < -0.4 is 5.73 Å². The Morgan fingerprint density at radius 1 is 1.16 bits per heavy atom. The van der Waals surface area contributed by atoms with Gasteiger partial charge in [-0.3, -0.25) is 9.59 Å². The molecular weight excluding hydrogens is 316 g/mol. The molecule has 134 valence electrons. The average molecular weight is 342 g/mol. The molecule has 1 aromatic heterocycles. The summed E-state index contributed by atoms with van der Waals surface area (Å²) in [5.74, 6) is 0.111. The molecular formula is C19H26N4O2. The standard InChI is InChI=1S/C19H26N4O2/c1-2-5-16(20)19(25)23-10-8-22(9-11-23)18(24)12-14-13-21-17-7-4-3-6-15(14)17/h3-4,6-7,13,16,21H,2,5,8-12,20H2,1H3. The number of carbonyl (C=O) groups is 2. The topological polar surface area (TPSA) is 82.4 Å². The van der Waals surface area contributed by atoms with Crippen molar-refractivity contribution in [3.63, 3.8) is 0 Å². The lowest BCUT2D eigenvalue weighted by Crippen LogP contribution is -2.54. The van der Waals surface area contributed by atoms with Crippen molar-refractivity contribution in [2.24, 2.45) is 5.73 Å². The maximum Gasteiger partial charge on any atom is 0.239 e. The summed E-state index contributed by atoms with van der Waals surface area (Å²) in [6, 6.07) is 7.57. The van der Waals surface area contributed by atoms with Gasteiger partial charge in [-0.05, 0) is 18.1 Å². The summed E-state index contributed by atoms with van der Waals surface area (Å²) >= 11 is 0. The van der Waals surface area contributed by atoms with Gasteiger partial charge in [0.2, 0.25) is 11.8 Å². The van der Waals surface area contributed by atoms with Gasteiger partial charge in [-0.2, -0.15) is 0 Å². The Morgan fingerprint density at radius 2 is 1.84 bits per heavy atom. The summed E-state index contributed by atoms with van der Waals surface area (Å²) < 4.78 is 0. The maximum atomic E-state index is 12.6. The smallest absolute Gasteiger partial charge is 0.239 e. The Hall–Kier alpha value is -2.34. The first-order chi connectivity index (χ1) is 12.1. The summed E-state index contributed by atoms with van der Waals surface area (Å²) in [6.45, 7) is 4.30. The lowest BCUT2D eigenvalue weighted by atomic mass is 10.1. The third kappa shape index (κ3) is 3.85. The van der Waals surface area contributed by atoms with Crippen LogP contribution in [0.3, 0.4) is 0 Å². The normalized spacial score (nSPS) is 16.2. The fourth-order valence-corrected chi connectivity index (χ4v) is 3.40. The van der Waals surface area contributed by atoms with E-state index in [0.29, 0.717) is 39.0 Å². The number of carbonyl (C=O) groups excluding carboxylic acids is 2. The molecule has 1 aliphatic heterocycles. The fraction of sp³-hybridized carbons (Fsp3) is 0.474. The molecule has 1 fully saturated rings. The molecule has 3 rings (SSSR count). The molecule has 2 aromatic rings. The first-order valence-electron chi connectivity index (χ1n) is 8.97. The molecule has 6 nitrogen and oxygen atoms in total. The molecule has 1 aromatic carbocycles. The lowest BCUT2D eigenvalue weighted by molar-refractivity contribution is -0.140. The van der Waals surface area contributed by atoms with Crippen molar-refractivity contribution in [3.8, 4) is 0 Å². The van der Waals surface area contributed by atoms with E-state index in [1.54, 1.807) is 4.90 Å². The SMILES string of the molecule is CCCC(N)C(=O)N1CCN(C(=O)Cc2c[nH]c3ccccc23)CC1. The molecule has 0 aliphatic carbocycles. The molecule has 1 saturated heterocycles. The zero-order chi connectivity index (χ0) is 17.8. The third-order valence-electron chi connectivity index (χ3n) is 4.88. The van der Waals surface area contributed by atoms with E-state index >= 15 is 0 Å². The highest BCUT2D eigenvalue weighted by molar-refractivity contribution is 5.89. The molecule has 0 bridgehead atoms. The van der Waals surface area contributed by atoms with Gasteiger partial charge in [0.15, 0.2) is 0 Å². The van der Waals surface area contributed by atoms with Crippen LogP contribution in [-0.4, -0.2) is 58.8 Å². The number of aromatic amines is 1. The summed E-state index contributed by atoms with van der Waals surface area (Å²) in [7, 11) is 0. The van der Waals surface area contributed by atoms with E-state index in [9.17, 15) is 9.59 Å². The molecule has 0 spiro atoms. The van der Waals surface area contributed by atoms with Crippen LogP contribution in [0.1, 0.15) is 25.3 Å².